The summed E-state index contributed by atoms with van der Waals surface area (Å²) in [7, 11) is 0. The lowest BCUT2D eigenvalue weighted by atomic mass is 10.2. The van der Waals surface area contributed by atoms with Crippen molar-refractivity contribution in [3.05, 3.63) is 22.1 Å². The average Bonchev–Trinajstić information content (AvgIpc) is 2.35. The fraction of sp³-hybridized carbons (Fsp3) is 0.455. The van der Waals surface area contributed by atoms with Crippen molar-refractivity contribution < 1.29 is 14.6 Å². The Morgan fingerprint density at radius 3 is 3.11 bits per heavy atom. The van der Waals surface area contributed by atoms with Gasteiger partial charge >= 0.3 is 5.97 Å². The Bertz CT molecular complexity index is 534. The first-order valence-electron chi connectivity index (χ1n) is 5.58. The summed E-state index contributed by atoms with van der Waals surface area (Å²) in [6.45, 7) is 2.15. The highest BCUT2D eigenvalue weighted by atomic mass is 16.5. The molecule has 0 saturated heterocycles. The number of ether oxygens (including phenoxy) is 1. The highest BCUT2D eigenvalue weighted by Gasteiger charge is 2.10. The van der Waals surface area contributed by atoms with Gasteiger partial charge in [0, 0.05) is 6.04 Å². The third kappa shape index (κ3) is 4.77. The Morgan fingerprint density at radius 2 is 2.47 bits per heavy atom. The summed E-state index contributed by atoms with van der Waals surface area (Å²) in [6.07, 6.45) is 1.27. The van der Waals surface area contributed by atoms with E-state index in [4.69, 9.17) is 15.1 Å². The van der Waals surface area contributed by atoms with E-state index in [1.54, 1.807) is 13.0 Å². The summed E-state index contributed by atoms with van der Waals surface area (Å²) >= 11 is 0. The molecule has 0 unspecified atom stereocenters. The van der Waals surface area contributed by atoms with Crippen LogP contribution in [0.5, 0.6) is 0 Å². The van der Waals surface area contributed by atoms with Crippen LogP contribution in [0.4, 0.5) is 5.69 Å². The summed E-state index contributed by atoms with van der Waals surface area (Å²) < 4.78 is 5.15. The molecule has 0 radical (unpaired) electrons. The van der Waals surface area contributed by atoms with Crippen LogP contribution in [0.1, 0.15) is 18.9 Å². The van der Waals surface area contributed by atoms with Crippen molar-refractivity contribution in [2.45, 2.75) is 19.4 Å². The molecule has 19 heavy (non-hydrogen) atoms. The zero-order valence-electron chi connectivity index (χ0n) is 10.3. The molecule has 0 bridgehead atoms. The number of carboxylic acid groups (broad SMARTS) is 1. The van der Waals surface area contributed by atoms with E-state index in [0.29, 0.717) is 5.69 Å². The summed E-state index contributed by atoms with van der Waals surface area (Å²) in [5, 5.41) is 26.0. The molecule has 102 valence electrons. The Morgan fingerprint density at radius 1 is 1.74 bits per heavy atom. The summed E-state index contributed by atoms with van der Waals surface area (Å²) in [5.41, 5.74) is -0.292. The van der Waals surface area contributed by atoms with Crippen LogP contribution in [-0.4, -0.2) is 40.5 Å². The van der Waals surface area contributed by atoms with Gasteiger partial charge in [-0.15, -0.1) is 0 Å². The van der Waals surface area contributed by atoms with Crippen molar-refractivity contribution in [2.24, 2.45) is 0 Å². The van der Waals surface area contributed by atoms with Gasteiger partial charge in [0.05, 0.1) is 31.5 Å². The third-order valence-corrected chi connectivity index (χ3v) is 2.20. The van der Waals surface area contributed by atoms with Crippen LogP contribution in [-0.2, 0) is 9.53 Å². The SMILES string of the molecule is C[C@H](COCCC(=O)O)Nc1cn[nH]c(=O)c1C#N. The topological polar surface area (TPSA) is 128 Å². The van der Waals surface area contributed by atoms with Crippen molar-refractivity contribution in [3.63, 3.8) is 0 Å². The molecule has 3 N–H and O–H groups in total. The highest BCUT2D eigenvalue weighted by Crippen LogP contribution is 2.09. The van der Waals surface area contributed by atoms with Gasteiger partial charge in [0.25, 0.3) is 5.56 Å². The minimum absolute atomic E-state index is 0.0487. The van der Waals surface area contributed by atoms with Gasteiger partial charge < -0.3 is 15.2 Å². The van der Waals surface area contributed by atoms with Gasteiger partial charge in [-0.25, -0.2) is 5.10 Å². The molecule has 1 atom stereocenters. The molecular formula is C11H14N4O4. The number of H-pyrrole nitrogens is 1. The number of hydrogen-bond acceptors (Lipinski definition) is 6. The number of aliphatic carboxylic acids is 1. The lowest BCUT2D eigenvalue weighted by molar-refractivity contribution is -0.138. The van der Waals surface area contributed by atoms with Gasteiger partial charge in [-0.1, -0.05) is 0 Å². The fourth-order valence-electron chi connectivity index (χ4n) is 1.35. The van der Waals surface area contributed by atoms with Crippen LogP contribution >= 0.6 is 0 Å². The number of nitrogens with zero attached hydrogens (tertiary/aromatic N) is 2. The molecule has 0 aromatic carbocycles. The Kier molecular flexibility index (Phi) is 5.50. The second kappa shape index (κ2) is 7.13. The number of aromatic amines is 1. The number of nitriles is 1. The average molecular weight is 266 g/mol. The van der Waals surface area contributed by atoms with Gasteiger partial charge in [0.15, 0.2) is 0 Å². The van der Waals surface area contributed by atoms with Crippen LogP contribution in [0.3, 0.4) is 0 Å². The lowest BCUT2D eigenvalue weighted by Crippen LogP contribution is -2.25. The van der Waals surface area contributed by atoms with Gasteiger partial charge in [-0.05, 0) is 6.92 Å². The molecule has 0 fully saturated rings. The summed E-state index contributed by atoms with van der Waals surface area (Å²) in [5.74, 6) is -0.925. The number of nitrogens with one attached hydrogen (secondary N) is 2. The zero-order chi connectivity index (χ0) is 14.3. The first kappa shape index (κ1) is 14.7. The smallest absolute Gasteiger partial charge is 0.305 e. The molecule has 0 amide bonds. The second-order valence-corrected chi connectivity index (χ2v) is 3.86. The minimum Gasteiger partial charge on any atom is -0.481 e. The lowest BCUT2D eigenvalue weighted by Gasteiger charge is -2.15. The van der Waals surface area contributed by atoms with Gasteiger partial charge in [-0.3, -0.25) is 9.59 Å². The molecule has 0 aliphatic carbocycles. The van der Waals surface area contributed by atoms with Crippen LogP contribution in [0.15, 0.2) is 11.0 Å². The van der Waals surface area contributed by atoms with E-state index in [0.717, 1.165) is 0 Å². The number of hydrogen-bond donors (Lipinski definition) is 3. The molecule has 8 heteroatoms. The fourth-order valence-corrected chi connectivity index (χ4v) is 1.35. The van der Waals surface area contributed by atoms with Crippen molar-refractivity contribution in [1.82, 2.24) is 10.2 Å². The standard InChI is InChI=1S/C11H14N4O4/c1-7(6-19-3-2-10(16)17)14-9-5-13-15-11(18)8(9)4-12/h5,7H,2-3,6H2,1H3,(H,16,17)(H2,14,15,18)/t7-/m1/s1. The Hall–Kier alpha value is -2.40. The van der Waals surface area contributed by atoms with Crippen LogP contribution in [0.25, 0.3) is 0 Å². The second-order valence-electron chi connectivity index (χ2n) is 3.86. The van der Waals surface area contributed by atoms with E-state index in [2.05, 4.69) is 15.5 Å². The monoisotopic (exact) mass is 266 g/mol. The van der Waals surface area contributed by atoms with E-state index >= 15 is 0 Å². The van der Waals surface area contributed by atoms with Crippen molar-refractivity contribution in [3.8, 4) is 6.07 Å². The van der Waals surface area contributed by atoms with E-state index in [9.17, 15) is 9.59 Å². The molecule has 8 nitrogen and oxygen atoms in total. The normalized spacial score (nSPS) is 11.6. The maximum Gasteiger partial charge on any atom is 0.305 e. The maximum absolute atomic E-state index is 11.3. The van der Waals surface area contributed by atoms with Crippen molar-refractivity contribution in [1.29, 1.82) is 5.26 Å². The van der Waals surface area contributed by atoms with Gasteiger partial charge in [0.2, 0.25) is 0 Å². The quantitative estimate of drug-likeness (QED) is 0.589. The number of aromatic nitrogens is 2. The van der Waals surface area contributed by atoms with Crippen LogP contribution in [0.2, 0.25) is 0 Å². The molecule has 1 aromatic heterocycles. The number of carboxylic acids is 1. The van der Waals surface area contributed by atoms with E-state index in [1.807, 2.05) is 0 Å². The third-order valence-electron chi connectivity index (χ3n) is 2.20. The number of anilines is 1. The van der Waals surface area contributed by atoms with Gasteiger partial charge in [0.1, 0.15) is 11.6 Å². The molecule has 0 spiro atoms. The summed E-state index contributed by atoms with van der Waals surface area (Å²) in [4.78, 5) is 21.6. The number of rotatable bonds is 7. The largest absolute Gasteiger partial charge is 0.481 e. The summed E-state index contributed by atoms with van der Waals surface area (Å²) in [6, 6.07) is 1.60. The number of carbonyl (C=O) groups is 1. The van der Waals surface area contributed by atoms with E-state index < -0.39 is 11.5 Å². The molecule has 0 saturated carbocycles. The Labute approximate surface area is 109 Å². The minimum atomic E-state index is -0.925. The molecule has 1 aromatic rings. The zero-order valence-corrected chi connectivity index (χ0v) is 10.3. The molecular weight excluding hydrogens is 252 g/mol. The molecule has 1 heterocycles. The Balaban J connectivity index is 2.51. The first-order chi connectivity index (χ1) is 9.04. The molecule has 1 rings (SSSR count). The van der Waals surface area contributed by atoms with Crippen molar-refractivity contribution >= 4 is 11.7 Å². The van der Waals surface area contributed by atoms with Crippen LogP contribution in [0, 0.1) is 11.3 Å². The van der Waals surface area contributed by atoms with Crippen LogP contribution < -0.4 is 10.9 Å². The molecule has 0 aliphatic heterocycles. The van der Waals surface area contributed by atoms with E-state index in [1.165, 1.54) is 6.20 Å². The predicted octanol–water partition coefficient (Wildman–Crippen LogP) is -0.0667. The van der Waals surface area contributed by atoms with Crippen molar-refractivity contribution in [2.75, 3.05) is 18.5 Å². The molecule has 0 aliphatic rings. The predicted molar refractivity (Wildman–Crippen MR) is 65.7 cm³/mol. The highest BCUT2D eigenvalue weighted by molar-refractivity contribution is 5.66. The maximum atomic E-state index is 11.3. The first-order valence-corrected chi connectivity index (χ1v) is 5.58. The van der Waals surface area contributed by atoms with Gasteiger partial charge in [-0.2, -0.15) is 10.4 Å². The van der Waals surface area contributed by atoms with E-state index in [-0.39, 0.29) is 31.2 Å².